The third kappa shape index (κ3) is 7.23. The van der Waals surface area contributed by atoms with Crippen molar-refractivity contribution in [1.82, 2.24) is 14.9 Å². The van der Waals surface area contributed by atoms with Gasteiger partial charge in [0.25, 0.3) is 0 Å². The Morgan fingerprint density at radius 2 is 1.86 bits per heavy atom. The van der Waals surface area contributed by atoms with Gasteiger partial charge in [0.15, 0.2) is 11.7 Å². The van der Waals surface area contributed by atoms with Crippen LogP contribution in [-0.4, -0.2) is 61.7 Å². The second-order valence-electron chi connectivity index (χ2n) is 7.01. The molecule has 3 N–H and O–H groups in total. The molecule has 8 heteroatoms. The highest BCUT2D eigenvalue weighted by Crippen LogP contribution is 2.21. The molecular formula is C21H32N6O2. The number of aliphatic imine (C=N–C) groups is 1. The van der Waals surface area contributed by atoms with Crippen molar-refractivity contribution in [3.8, 4) is 11.5 Å². The maximum absolute atomic E-state index is 6.00. The number of nitrogens with zero attached hydrogens (tertiary/aromatic N) is 4. The third-order valence-electron chi connectivity index (χ3n) is 4.30. The minimum absolute atomic E-state index is 0.276. The molecule has 0 aliphatic carbocycles. The van der Waals surface area contributed by atoms with Gasteiger partial charge >= 0.3 is 0 Å². The van der Waals surface area contributed by atoms with Crippen molar-refractivity contribution in [2.45, 2.75) is 26.7 Å². The quantitative estimate of drug-likeness (QED) is 0.359. The summed E-state index contributed by atoms with van der Waals surface area (Å²) in [6.45, 7) is 5.93. The molecule has 0 aliphatic rings. The fraction of sp³-hybridized carbons (Fsp3) is 0.476. The second kappa shape index (κ2) is 11.2. The van der Waals surface area contributed by atoms with Crippen LogP contribution < -0.4 is 20.5 Å². The number of guanidine groups is 1. The average Bonchev–Trinajstić information content (AvgIpc) is 2.67. The number of methoxy groups -OCH3 is 1. The zero-order valence-electron chi connectivity index (χ0n) is 18.0. The van der Waals surface area contributed by atoms with Gasteiger partial charge < -0.3 is 20.1 Å². The smallest absolute Gasteiger partial charge is 0.230 e. The van der Waals surface area contributed by atoms with Gasteiger partial charge in [-0.1, -0.05) is 18.2 Å². The van der Waals surface area contributed by atoms with Gasteiger partial charge in [0.1, 0.15) is 5.75 Å². The molecule has 29 heavy (non-hydrogen) atoms. The Morgan fingerprint density at radius 3 is 2.52 bits per heavy atom. The molecule has 0 saturated heterocycles. The van der Waals surface area contributed by atoms with Crippen LogP contribution in [0.5, 0.6) is 11.5 Å². The molecular weight excluding hydrogens is 368 g/mol. The molecule has 158 valence electrons. The van der Waals surface area contributed by atoms with Crippen molar-refractivity contribution < 1.29 is 9.47 Å². The van der Waals surface area contributed by atoms with Gasteiger partial charge in [0, 0.05) is 13.1 Å². The fourth-order valence-electron chi connectivity index (χ4n) is 2.89. The zero-order chi connectivity index (χ0) is 21.2. The number of nitrogens with one attached hydrogen (secondary N) is 1. The Kier molecular flexibility index (Phi) is 8.67. The summed E-state index contributed by atoms with van der Waals surface area (Å²) >= 11 is 0. The fourth-order valence-corrected chi connectivity index (χ4v) is 2.89. The molecule has 0 atom stereocenters. The van der Waals surface area contributed by atoms with E-state index in [1.54, 1.807) is 7.11 Å². The van der Waals surface area contributed by atoms with Gasteiger partial charge in [-0.2, -0.15) is 0 Å². The summed E-state index contributed by atoms with van der Waals surface area (Å²) in [5.41, 5.74) is 8.63. The van der Waals surface area contributed by atoms with Crippen molar-refractivity contribution in [2.24, 2.45) is 10.7 Å². The van der Waals surface area contributed by atoms with Crippen LogP contribution in [0.2, 0.25) is 0 Å². The highest BCUT2D eigenvalue weighted by atomic mass is 16.5. The number of benzene rings is 1. The number of hydrogen-bond donors (Lipinski definition) is 2. The van der Waals surface area contributed by atoms with Crippen LogP contribution in [0.25, 0.3) is 0 Å². The van der Waals surface area contributed by atoms with Gasteiger partial charge in [-0.15, -0.1) is 0 Å². The summed E-state index contributed by atoms with van der Waals surface area (Å²) in [6.07, 6.45) is 1.67. The maximum atomic E-state index is 6.00. The van der Waals surface area contributed by atoms with Crippen molar-refractivity contribution in [3.63, 3.8) is 0 Å². The van der Waals surface area contributed by atoms with E-state index in [1.165, 1.54) is 0 Å². The highest BCUT2D eigenvalue weighted by molar-refractivity contribution is 5.90. The molecule has 0 bridgehead atoms. The van der Waals surface area contributed by atoms with Gasteiger partial charge in [-0.25, -0.2) is 9.97 Å². The average molecular weight is 401 g/mol. The van der Waals surface area contributed by atoms with Gasteiger partial charge in [-0.05, 0) is 52.4 Å². The van der Waals surface area contributed by atoms with E-state index in [9.17, 15) is 0 Å². The molecule has 0 radical (unpaired) electrons. The number of nitrogens with two attached hydrogens (primary N) is 1. The van der Waals surface area contributed by atoms with Crippen LogP contribution in [0.3, 0.4) is 0 Å². The molecule has 2 rings (SSSR count). The number of ether oxygens (including phenoxy) is 2. The Morgan fingerprint density at radius 1 is 1.17 bits per heavy atom. The summed E-state index contributed by atoms with van der Waals surface area (Å²) in [7, 11) is 5.75. The minimum Gasteiger partial charge on any atom is -0.496 e. The van der Waals surface area contributed by atoms with Crippen molar-refractivity contribution in [1.29, 1.82) is 0 Å². The Hall–Kier alpha value is -2.87. The molecule has 0 aliphatic heterocycles. The van der Waals surface area contributed by atoms with Crippen LogP contribution >= 0.6 is 0 Å². The summed E-state index contributed by atoms with van der Waals surface area (Å²) < 4.78 is 11.2. The van der Waals surface area contributed by atoms with Crippen LogP contribution in [0.1, 0.15) is 23.4 Å². The molecule has 1 aromatic heterocycles. The monoisotopic (exact) mass is 400 g/mol. The lowest BCUT2D eigenvalue weighted by Gasteiger charge is -2.14. The standard InChI is InChI=1S/C21H32N6O2/c1-15-19(29-14-8-13-27(3)4)16(2)25-21(24-15)26-20(22)23-12-11-17-9-6-7-10-18(17)28-5/h6-7,9-10H,8,11-14H2,1-5H3,(H3,22,23,24,25,26). The number of para-hydroxylation sites is 1. The SMILES string of the molecule is COc1ccccc1CCN=C(N)Nc1nc(C)c(OCCCN(C)C)c(C)n1. The van der Waals surface area contributed by atoms with Crippen molar-refractivity contribution in [2.75, 3.05) is 46.2 Å². The van der Waals surface area contributed by atoms with E-state index in [-0.39, 0.29) is 5.96 Å². The van der Waals surface area contributed by atoms with E-state index in [0.717, 1.165) is 47.8 Å². The summed E-state index contributed by atoms with van der Waals surface area (Å²) in [5.74, 6) is 2.27. The second-order valence-corrected chi connectivity index (χ2v) is 7.01. The third-order valence-corrected chi connectivity index (χ3v) is 4.30. The van der Waals surface area contributed by atoms with E-state index in [2.05, 4.69) is 25.2 Å². The minimum atomic E-state index is 0.276. The van der Waals surface area contributed by atoms with Gasteiger partial charge in [0.2, 0.25) is 5.95 Å². The van der Waals surface area contributed by atoms with E-state index < -0.39 is 0 Å². The summed E-state index contributed by atoms with van der Waals surface area (Å²) in [5, 5.41) is 2.96. The number of aryl methyl sites for hydroxylation is 2. The Labute approximate surface area is 173 Å². The molecule has 0 saturated carbocycles. The first-order valence-electron chi connectivity index (χ1n) is 9.72. The van der Waals surface area contributed by atoms with Crippen LogP contribution in [0.15, 0.2) is 29.3 Å². The van der Waals surface area contributed by atoms with Crippen LogP contribution in [0, 0.1) is 13.8 Å². The Bertz CT molecular complexity index is 800. The molecule has 0 spiro atoms. The lowest BCUT2D eigenvalue weighted by atomic mass is 10.1. The molecule has 8 nitrogen and oxygen atoms in total. The molecule has 0 unspecified atom stereocenters. The predicted molar refractivity (Wildman–Crippen MR) is 117 cm³/mol. The summed E-state index contributed by atoms with van der Waals surface area (Å²) in [4.78, 5) is 15.4. The largest absolute Gasteiger partial charge is 0.496 e. The Balaban J connectivity index is 1.92. The van der Waals surface area contributed by atoms with Gasteiger partial charge in [-0.3, -0.25) is 10.3 Å². The topological polar surface area (TPSA) is 97.9 Å². The maximum Gasteiger partial charge on any atom is 0.230 e. The lowest BCUT2D eigenvalue weighted by molar-refractivity contribution is 0.276. The normalized spacial score (nSPS) is 11.6. The molecule has 1 heterocycles. The molecule has 0 fully saturated rings. The number of anilines is 1. The molecule has 0 amide bonds. The van der Waals surface area contributed by atoms with E-state index >= 15 is 0 Å². The van der Waals surface area contributed by atoms with E-state index in [4.69, 9.17) is 15.2 Å². The first-order valence-corrected chi connectivity index (χ1v) is 9.72. The lowest BCUT2D eigenvalue weighted by Crippen LogP contribution is -2.25. The van der Waals surface area contributed by atoms with Gasteiger partial charge in [0.05, 0.1) is 25.1 Å². The van der Waals surface area contributed by atoms with E-state index in [0.29, 0.717) is 19.1 Å². The number of hydrogen-bond acceptors (Lipinski definition) is 6. The number of rotatable bonds is 10. The van der Waals surface area contributed by atoms with E-state index in [1.807, 2.05) is 52.2 Å². The highest BCUT2D eigenvalue weighted by Gasteiger charge is 2.10. The summed E-state index contributed by atoms with van der Waals surface area (Å²) in [6, 6.07) is 7.88. The molecule has 1 aromatic carbocycles. The first kappa shape index (κ1) is 22.4. The van der Waals surface area contributed by atoms with Crippen molar-refractivity contribution in [3.05, 3.63) is 41.2 Å². The zero-order valence-corrected chi connectivity index (χ0v) is 18.0. The number of aromatic nitrogens is 2. The predicted octanol–water partition coefficient (Wildman–Crippen LogP) is 2.40. The molecule has 2 aromatic rings. The van der Waals surface area contributed by atoms with Crippen LogP contribution in [-0.2, 0) is 6.42 Å². The first-order chi connectivity index (χ1) is 13.9. The van der Waals surface area contributed by atoms with Crippen LogP contribution in [0.4, 0.5) is 5.95 Å². The van der Waals surface area contributed by atoms with Crippen molar-refractivity contribution >= 4 is 11.9 Å².